The van der Waals surface area contributed by atoms with Gasteiger partial charge in [0.2, 0.25) is 5.91 Å². The van der Waals surface area contributed by atoms with Gasteiger partial charge in [-0.1, -0.05) is 13.8 Å². The van der Waals surface area contributed by atoms with E-state index in [4.69, 9.17) is 15.2 Å². The van der Waals surface area contributed by atoms with E-state index in [1.807, 2.05) is 6.92 Å². The van der Waals surface area contributed by atoms with Crippen molar-refractivity contribution in [3.8, 4) is 0 Å². The molecule has 0 aromatic rings. The minimum absolute atomic E-state index is 0.0146. The summed E-state index contributed by atoms with van der Waals surface area (Å²) in [7, 11) is 0. The van der Waals surface area contributed by atoms with Gasteiger partial charge < -0.3 is 20.5 Å². The van der Waals surface area contributed by atoms with Crippen LogP contribution in [0.4, 0.5) is 0 Å². The number of hydrogen-bond acceptors (Lipinski definition) is 4. The lowest BCUT2D eigenvalue weighted by atomic mass is 9.89. The van der Waals surface area contributed by atoms with E-state index in [2.05, 4.69) is 19.2 Å². The number of ether oxygens (including phenoxy) is 2. The van der Waals surface area contributed by atoms with E-state index in [1.165, 1.54) is 0 Å². The largest absolute Gasteiger partial charge is 0.381 e. The maximum absolute atomic E-state index is 12.3. The highest BCUT2D eigenvalue weighted by Crippen LogP contribution is 2.18. The first kappa shape index (κ1) is 15.4. The molecule has 0 aliphatic carbocycles. The first-order valence-electron chi connectivity index (χ1n) is 6.75. The molecular formula is C13H26N2O3. The zero-order valence-corrected chi connectivity index (χ0v) is 11.7. The second-order valence-electron chi connectivity index (χ2n) is 5.25. The molecule has 1 unspecified atom stereocenters. The third-order valence-electron chi connectivity index (χ3n) is 3.46. The van der Waals surface area contributed by atoms with Crippen molar-refractivity contribution >= 4 is 5.91 Å². The summed E-state index contributed by atoms with van der Waals surface area (Å²) in [6, 6.07) is 0.0146. The van der Waals surface area contributed by atoms with E-state index in [0.29, 0.717) is 45.2 Å². The van der Waals surface area contributed by atoms with Gasteiger partial charge >= 0.3 is 0 Å². The fourth-order valence-electron chi connectivity index (χ4n) is 1.92. The average Bonchev–Trinajstić information content (AvgIpc) is 2.34. The number of nitrogens with one attached hydrogen (secondary N) is 1. The molecule has 1 aliphatic rings. The van der Waals surface area contributed by atoms with E-state index in [-0.39, 0.29) is 11.9 Å². The maximum atomic E-state index is 12.3. The Morgan fingerprint density at radius 3 is 2.56 bits per heavy atom. The predicted octanol–water partition coefficient (Wildman–Crippen LogP) is 0.672. The lowest BCUT2D eigenvalue weighted by molar-refractivity contribution is -0.131. The topological polar surface area (TPSA) is 73.6 Å². The summed E-state index contributed by atoms with van der Waals surface area (Å²) in [6.45, 7) is 8.38. The highest BCUT2D eigenvalue weighted by Gasteiger charge is 2.37. The van der Waals surface area contributed by atoms with Crippen LogP contribution in [-0.2, 0) is 14.3 Å². The van der Waals surface area contributed by atoms with Crippen molar-refractivity contribution in [1.82, 2.24) is 5.32 Å². The van der Waals surface area contributed by atoms with Crippen LogP contribution in [0.3, 0.4) is 0 Å². The Balaban J connectivity index is 2.54. The van der Waals surface area contributed by atoms with Crippen molar-refractivity contribution < 1.29 is 14.3 Å². The molecule has 1 saturated heterocycles. The monoisotopic (exact) mass is 258 g/mol. The van der Waals surface area contributed by atoms with Crippen LogP contribution in [0, 0.1) is 5.92 Å². The van der Waals surface area contributed by atoms with Crippen molar-refractivity contribution in [2.24, 2.45) is 11.7 Å². The summed E-state index contributed by atoms with van der Waals surface area (Å²) in [5.41, 5.74) is 5.37. The Bertz CT molecular complexity index is 263. The highest BCUT2D eigenvalue weighted by atomic mass is 16.5. The fraction of sp³-hybridized carbons (Fsp3) is 0.923. The Hall–Kier alpha value is -0.650. The van der Waals surface area contributed by atoms with E-state index in [1.54, 1.807) is 0 Å². The van der Waals surface area contributed by atoms with Crippen LogP contribution in [0.1, 0.15) is 33.6 Å². The Labute approximate surface area is 109 Å². The molecule has 18 heavy (non-hydrogen) atoms. The minimum Gasteiger partial charge on any atom is -0.381 e. The summed E-state index contributed by atoms with van der Waals surface area (Å²) >= 11 is 0. The molecule has 106 valence electrons. The molecule has 1 atom stereocenters. The summed E-state index contributed by atoms with van der Waals surface area (Å²) in [6.07, 6.45) is 1.16. The normalized spacial score (nSPS) is 20.7. The quantitative estimate of drug-likeness (QED) is 0.734. The maximum Gasteiger partial charge on any atom is 0.240 e. The second-order valence-corrected chi connectivity index (χ2v) is 5.25. The number of rotatable bonds is 6. The molecule has 0 saturated carbocycles. The molecule has 0 radical (unpaired) electrons. The van der Waals surface area contributed by atoms with Crippen LogP contribution < -0.4 is 11.1 Å². The Morgan fingerprint density at radius 2 is 2.06 bits per heavy atom. The lowest BCUT2D eigenvalue weighted by Crippen LogP contribution is -2.59. The number of carbonyl (C=O) groups is 1. The Kier molecular flexibility index (Phi) is 6.05. The number of nitrogens with two attached hydrogens (primary N) is 1. The molecule has 1 aliphatic heterocycles. The molecule has 0 aromatic carbocycles. The first-order valence-corrected chi connectivity index (χ1v) is 6.75. The minimum atomic E-state index is -0.780. The third-order valence-corrected chi connectivity index (χ3v) is 3.46. The van der Waals surface area contributed by atoms with Gasteiger partial charge in [0.15, 0.2) is 0 Å². The zero-order chi connectivity index (χ0) is 13.6. The van der Waals surface area contributed by atoms with E-state index in [9.17, 15) is 4.79 Å². The van der Waals surface area contributed by atoms with Crippen molar-refractivity contribution in [3.05, 3.63) is 0 Å². The van der Waals surface area contributed by atoms with Crippen molar-refractivity contribution in [2.45, 2.75) is 45.2 Å². The second kappa shape index (κ2) is 7.07. The van der Waals surface area contributed by atoms with Crippen molar-refractivity contribution in [2.75, 3.05) is 26.4 Å². The van der Waals surface area contributed by atoms with Crippen LogP contribution >= 0.6 is 0 Å². The van der Waals surface area contributed by atoms with Crippen LogP contribution in [0.25, 0.3) is 0 Å². The smallest absolute Gasteiger partial charge is 0.240 e. The SMILES string of the molecule is CCOCC(NC(=O)C1(N)CCOCC1)C(C)C. The zero-order valence-electron chi connectivity index (χ0n) is 11.7. The fourth-order valence-corrected chi connectivity index (χ4v) is 1.92. The van der Waals surface area contributed by atoms with Crippen molar-refractivity contribution in [3.63, 3.8) is 0 Å². The van der Waals surface area contributed by atoms with E-state index >= 15 is 0 Å². The molecule has 0 bridgehead atoms. The van der Waals surface area contributed by atoms with Crippen LogP contribution in [-0.4, -0.2) is 43.9 Å². The van der Waals surface area contributed by atoms with Gasteiger partial charge in [-0.2, -0.15) is 0 Å². The first-order chi connectivity index (χ1) is 8.49. The Morgan fingerprint density at radius 1 is 1.44 bits per heavy atom. The van der Waals surface area contributed by atoms with Crippen LogP contribution in [0.5, 0.6) is 0 Å². The molecule has 5 nitrogen and oxygen atoms in total. The molecule has 1 fully saturated rings. The van der Waals surface area contributed by atoms with Crippen LogP contribution in [0.15, 0.2) is 0 Å². The number of carbonyl (C=O) groups excluding carboxylic acids is 1. The van der Waals surface area contributed by atoms with Gasteiger partial charge in [0.25, 0.3) is 0 Å². The molecule has 3 N–H and O–H groups in total. The average molecular weight is 258 g/mol. The summed E-state index contributed by atoms with van der Waals surface area (Å²) in [4.78, 5) is 12.3. The molecule has 1 heterocycles. The molecule has 0 aromatic heterocycles. The van der Waals surface area contributed by atoms with Gasteiger partial charge in [-0.3, -0.25) is 4.79 Å². The van der Waals surface area contributed by atoms with Gasteiger partial charge in [-0.25, -0.2) is 0 Å². The van der Waals surface area contributed by atoms with Gasteiger partial charge in [-0.15, -0.1) is 0 Å². The van der Waals surface area contributed by atoms with E-state index in [0.717, 1.165) is 0 Å². The molecule has 1 amide bonds. The van der Waals surface area contributed by atoms with Crippen LogP contribution in [0.2, 0.25) is 0 Å². The molecule has 5 heteroatoms. The third kappa shape index (κ3) is 4.23. The van der Waals surface area contributed by atoms with Crippen molar-refractivity contribution in [1.29, 1.82) is 0 Å². The number of amides is 1. The summed E-state index contributed by atoms with van der Waals surface area (Å²) in [5.74, 6) is 0.244. The highest BCUT2D eigenvalue weighted by molar-refractivity contribution is 5.86. The van der Waals surface area contributed by atoms with Gasteiger partial charge in [0.1, 0.15) is 0 Å². The summed E-state index contributed by atoms with van der Waals surface area (Å²) < 4.78 is 10.6. The summed E-state index contributed by atoms with van der Waals surface area (Å²) in [5, 5.41) is 3.02. The molecule has 1 rings (SSSR count). The van der Waals surface area contributed by atoms with E-state index < -0.39 is 5.54 Å². The predicted molar refractivity (Wildman–Crippen MR) is 70.2 cm³/mol. The lowest BCUT2D eigenvalue weighted by Gasteiger charge is -2.34. The molecular weight excluding hydrogens is 232 g/mol. The van der Waals surface area contributed by atoms with Gasteiger partial charge in [0, 0.05) is 19.8 Å². The van der Waals surface area contributed by atoms with Gasteiger partial charge in [0.05, 0.1) is 18.2 Å². The number of hydrogen-bond donors (Lipinski definition) is 2. The molecule has 0 spiro atoms. The van der Waals surface area contributed by atoms with Gasteiger partial charge in [-0.05, 0) is 25.7 Å². The standard InChI is InChI=1S/C13H26N2O3/c1-4-17-9-11(10(2)3)15-12(16)13(14)5-7-18-8-6-13/h10-11H,4-9,14H2,1-3H3,(H,15,16).